The lowest BCUT2D eigenvalue weighted by molar-refractivity contribution is 0.0950. The number of carbonyl (C=O) groups excluding carboxylic acids is 1. The Hall–Kier alpha value is -2.14. The molecule has 0 saturated heterocycles. The predicted octanol–water partition coefficient (Wildman–Crippen LogP) is 1.34. The molecule has 1 aromatic carbocycles. The van der Waals surface area contributed by atoms with Gasteiger partial charge in [-0.2, -0.15) is 0 Å². The van der Waals surface area contributed by atoms with Gasteiger partial charge in [0.25, 0.3) is 5.91 Å². The molecule has 1 aliphatic carbocycles. The number of imidazole rings is 1. The van der Waals surface area contributed by atoms with E-state index in [1.54, 1.807) is 18.6 Å². The lowest BCUT2D eigenvalue weighted by atomic mass is 10.1. The molecule has 1 fully saturated rings. The van der Waals surface area contributed by atoms with Gasteiger partial charge in [-0.15, -0.1) is 0 Å². The summed E-state index contributed by atoms with van der Waals surface area (Å²) in [7, 11) is 0. The van der Waals surface area contributed by atoms with Crippen molar-refractivity contribution < 1.29 is 4.79 Å². The molecule has 1 aliphatic rings. The summed E-state index contributed by atoms with van der Waals surface area (Å²) in [6.45, 7) is 0.540. The van der Waals surface area contributed by atoms with Crippen LogP contribution in [0.1, 0.15) is 23.2 Å². The molecule has 20 heavy (non-hydrogen) atoms. The van der Waals surface area contributed by atoms with Gasteiger partial charge >= 0.3 is 0 Å². The van der Waals surface area contributed by atoms with Crippen molar-refractivity contribution in [2.24, 2.45) is 11.7 Å². The van der Waals surface area contributed by atoms with Crippen LogP contribution in [0, 0.1) is 5.92 Å². The highest BCUT2D eigenvalue weighted by atomic mass is 16.1. The van der Waals surface area contributed by atoms with Crippen LogP contribution in [0.5, 0.6) is 0 Å². The Kier molecular flexibility index (Phi) is 3.52. The lowest BCUT2D eigenvalue weighted by Gasteiger charge is -2.12. The standard InChI is InChI=1S/C15H18N4O/c16-14(11-4-5-11)9-18-15(20)12-2-1-3-13(8-12)19-7-6-17-10-19/h1-3,6-8,10-11,14H,4-5,9,16H2,(H,18,20). The number of hydrogen-bond donors (Lipinski definition) is 2. The monoisotopic (exact) mass is 270 g/mol. The van der Waals surface area contributed by atoms with Gasteiger partial charge in [0.15, 0.2) is 0 Å². The number of hydrogen-bond acceptors (Lipinski definition) is 3. The number of aromatic nitrogens is 2. The normalized spacial score (nSPS) is 15.8. The third kappa shape index (κ3) is 2.88. The van der Waals surface area contributed by atoms with Crippen LogP contribution in [0.2, 0.25) is 0 Å². The first-order chi connectivity index (χ1) is 9.74. The molecular formula is C15H18N4O. The van der Waals surface area contributed by atoms with E-state index < -0.39 is 0 Å². The molecule has 3 N–H and O–H groups in total. The van der Waals surface area contributed by atoms with Crippen molar-refractivity contribution in [3.05, 3.63) is 48.5 Å². The van der Waals surface area contributed by atoms with Crippen molar-refractivity contribution in [1.29, 1.82) is 0 Å². The second kappa shape index (κ2) is 5.46. The fraction of sp³-hybridized carbons (Fsp3) is 0.333. The maximum atomic E-state index is 12.1. The molecule has 0 bridgehead atoms. The van der Waals surface area contributed by atoms with Gasteiger partial charge < -0.3 is 15.6 Å². The van der Waals surface area contributed by atoms with Gasteiger partial charge in [0, 0.05) is 36.2 Å². The molecule has 104 valence electrons. The average molecular weight is 270 g/mol. The molecule has 0 radical (unpaired) electrons. The Balaban J connectivity index is 1.66. The number of amides is 1. The van der Waals surface area contributed by atoms with E-state index in [0.29, 0.717) is 18.0 Å². The molecule has 1 amide bonds. The molecule has 1 unspecified atom stereocenters. The number of nitrogens with one attached hydrogen (secondary N) is 1. The number of nitrogens with two attached hydrogens (primary N) is 1. The Bertz CT molecular complexity index is 590. The van der Waals surface area contributed by atoms with Crippen molar-refractivity contribution in [2.45, 2.75) is 18.9 Å². The first-order valence-corrected chi connectivity index (χ1v) is 6.86. The molecular weight excluding hydrogens is 252 g/mol. The van der Waals surface area contributed by atoms with Crippen LogP contribution in [0.4, 0.5) is 0 Å². The quantitative estimate of drug-likeness (QED) is 0.861. The van der Waals surface area contributed by atoms with Gasteiger partial charge in [-0.3, -0.25) is 4.79 Å². The lowest BCUT2D eigenvalue weighted by Crippen LogP contribution is -2.38. The summed E-state index contributed by atoms with van der Waals surface area (Å²) in [6.07, 6.45) is 7.64. The summed E-state index contributed by atoms with van der Waals surface area (Å²) in [4.78, 5) is 16.1. The minimum Gasteiger partial charge on any atom is -0.350 e. The summed E-state index contributed by atoms with van der Waals surface area (Å²) < 4.78 is 1.87. The summed E-state index contributed by atoms with van der Waals surface area (Å²) in [6, 6.07) is 7.54. The van der Waals surface area contributed by atoms with Crippen molar-refractivity contribution in [1.82, 2.24) is 14.9 Å². The van der Waals surface area contributed by atoms with Crippen LogP contribution in [0.3, 0.4) is 0 Å². The molecule has 1 atom stereocenters. The largest absolute Gasteiger partial charge is 0.350 e. The molecule has 5 nitrogen and oxygen atoms in total. The zero-order valence-corrected chi connectivity index (χ0v) is 11.2. The van der Waals surface area contributed by atoms with Gasteiger partial charge in [0.05, 0.1) is 6.33 Å². The third-order valence-corrected chi connectivity index (χ3v) is 3.64. The van der Waals surface area contributed by atoms with Crippen molar-refractivity contribution >= 4 is 5.91 Å². The fourth-order valence-corrected chi connectivity index (χ4v) is 2.22. The Morgan fingerprint density at radius 1 is 1.50 bits per heavy atom. The summed E-state index contributed by atoms with van der Waals surface area (Å²) in [5.41, 5.74) is 7.54. The van der Waals surface area contributed by atoms with E-state index in [1.807, 2.05) is 29.0 Å². The second-order valence-electron chi connectivity index (χ2n) is 5.23. The molecule has 1 heterocycles. The van der Waals surface area contributed by atoms with Gasteiger partial charge in [-0.25, -0.2) is 4.98 Å². The van der Waals surface area contributed by atoms with E-state index in [4.69, 9.17) is 5.73 Å². The Morgan fingerprint density at radius 3 is 3.05 bits per heavy atom. The highest BCUT2D eigenvalue weighted by Crippen LogP contribution is 2.31. The Labute approximate surface area is 117 Å². The third-order valence-electron chi connectivity index (χ3n) is 3.64. The van der Waals surface area contributed by atoms with E-state index in [0.717, 1.165) is 5.69 Å². The van der Waals surface area contributed by atoms with E-state index >= 15 is 0 Å². The number of nitrogens with zero attached hydrogens (tertiary/aromatic N) is 2. The minimum absolute atomic E-state index is 0.0794. The minimum atomic E-state index is -0.0805. The zero-order valence-electron chi connectivity index (χ0n) is 11.2. The van der Waals surface area contributed by atoms with E-state index in [2.05, 4.69) is 10.3 Å². The van der Waals surface area contributed by atoms with Crippen LogP contribution in [-0.2, 0) is 0 Å². The summed E-state index contributed by atoms with van der Waals surface area (Å²) in [5.74, 6) is 0.510. The maximum Gasteiger partial charge on any atom is 0.251 e. The van der Waals surface area contributed by atoms with Gasteiger partial charge in [0.2, 0.25) is 0 Å². The number of rotatable bonds is 5. The van der Waals surface area contributed by atoms with Gasteiger partial charge in [-0.1, -0.05) is 6.07 Å². The summed E-state index contributed by atoms with van der Waals surface area (Å²) in [5, 5.41) is 2.90. The van der Waals surface area contributed by atoms with Crippen molar-refractivity contribution in [3.63, 3.8) is 0 Å². The topological polar surface area (TPSA) is 72.9 Å². The smallest absolute Gasteiger partial charge is 0.251 e. The molecule has 2 aromatic rings. The molecule has 1 aromatic heterocycles. The van der Waals surface area contributed by atoms with E-state index in [9.17, 15) is 4.79 Å². The van der Waals surface area contributed by atoms with Crippen LogP contribution < -0.4 is 11.1 Å². The SMILES string of the molecule is NC(CNC(=O)c1cccc(-n2ccnc2)c1)C1CC1. The van der Waals surface area contributed by atoms with E-state index in [-0.39, 0.29) is 11.9 Å². The van der Waals surface area contributed by atoms with Gasteiger partial charge in [0.1, 0.15) is 0 Å². The Morgan fingerprint density at radius 2 is 2.35 bits per heavy atom. The van der Waals surface area contributed by atoms with Crippen molar-refractivity contribution in [2.75, 3.05) is 6.54 Å². The second-order valence-corrected chi connectivity index (χ2v) is 5.23. The van der Waals surface area contributed by atoms with Crippen molar-refractivity contribution in [3.8, 4) is 5.69 Å². The predicted molar refractivity (Wildman–Crippen MR) is 76.6 cm³/mol. The first kappa shape index (κ1) is 12.9. The zero-order chi connectivity index (χ0) is 13.9. The van der Waals surface area contributed by atoms with Crippen LogP contribution in [-0.4, -0.2) is 28.0 Å². The molecule has 1 saturated carbocycles. The fourth-order valence-electron chi connectivity index (χ4n) is 2.22. The van der Waals surface area contributed by atoms with Crippen LogP contribution in [0.25, 0.3) is 5.69 Å². The van der Waals surface area contributed by atoms with Crippen LogP contribution >= 0.6 is 0 Å². The highest BCUT2D eigenvalue weighted by Gasteiger charge is 2.28. The number of carbonyl (C=O) groups is 1. The van der Waals surface area contributed by atoms with Crippen LogP contribution in [0.15, 0.2) is 43.0 Å². The summed E-state index contributed by atoms with van der Waals surface area (Å²) >= 11 is 0. The molecule has 5 heteroatoms. The molecule has 3 rings (SSSR count). The number of benzene rings is 1. The average Bonchev–Trinajstić information content (AvgIpc) is 3.19. The first-order valence-electron chi connectivity index (χ1n) is 6.86. The maximum absolute atomic E-state index is 12.1. The highest BCUT2D eigenvalue weighted by molar-refractivity contribution is 5.94. The molecule has 0 aliphatic heterocycles. The van der Waals surface area contributed by atoms with Gasteiger partial charge in [-0.05, 0) is 37.0 Å². The molecule has 0 spiro atoms. The van der Waals surface area contributed by atoms with E-state index in [1.165, 1.54) is 12.8 Å².